The molecule has 0 bridgehead atoms. The van der Waals surface area contributed by atoms with Crippen LogP contribution in [0.3, 0.4) is 0 Å². The Balaban J connectivity index is 2.71. The van der Waals surface area contributed by atoms with Gasteiger partial charge >= 0.3 is 0 Å². The van der Waals surface area contributed by atoms with Crippen LogP contribution in [0.5, 0.6) is 0 Å². The van der Waals surface area contributed by atoms with Gasteiger partial charge in [-0.05, 0) is 19.3 Å². The van der Waals surface area contributed by atoms with Crippen molar-refractivity contribution in [3.8, 4) is 0 Å². The number of rotatable bonds is 6. The summed E-state index contributed by atoms with van der Waals surface area (Å²) in [6, 6.07) is -0.179. The fourth-order valence-corrected chi connectivity index (χ4v) is 2.45. The summed E-state index contributed by atoms with van der Waals surface area (Å²) >= 11 is 0. The molecule has 2 unspecified atom stereocenters. The molecule has 16 heavy (non-hydrogen) atoms. The maximum absolute atomic E-state index is 11.8. The number of carbonyl (C=O) groups is 2. The van der Waals surface area contributed by atoms with E-state index >= 15 is 0 Å². The van der Waals surface area contributed by atoms with E-state index in [0.717, 1.165) is 25.7 Å². The van der Waals surface area contributed by atoms with Crippen LogP contribution in [0.25, 0.3) is 0 Å². The Morgan fingerprint density at radius 1 is 1.56 bits per heavy atom. The molecule has 92 valence electrons. The second-order valence-electron chi connectivity index (χ2n) is 4.46. The lowest BCUT2D eigenvalue weighted by Crippen LogP contribution is -2.48. The number of likely N-dealkylation sites (tertiary alicyclic amines) is 1. The van der Waals surface area contributed by atoms with Crippen molar-refractivity contribution in [1.29, 1.82) is 0 Å². The number of amides is 2. The van der Waals surface area contributed by atoms with Crippen molar-refractivity contribution >= 4 is 11.8 Å². The van der Waals surface area contributed by atoms with Gasteiger partial charge < -0.3 is 10.6 Å². The normalized spacial score (nSPS) is 22.5. The van der Waals surface area contributed by atoms with Crippen molar-refractivity contribution in [3.63, 3.8) is 0 Å². The maximum atomic E-state index is 11.8. The van der Waals surface area contributed by atoms with Crippen molar-refractivity contribution in [2.75, 3.05) is 0 Å². The Morgan fingerprint density at radius 3 is 2.75 bits per heavy atom. The molecular weight excluding hydrogens is 204 g/mol. The Labute approximate surface area is 97.2 Å². The molecule has 4 heteroatoms. The van der Waals surface area contributed by atoms with Crippen LogP contribution in [0.1, 0.15) is 52.4 Å². The molecule has 2 N–H and O–H groups in total. The molecule has 4 nitrogen and oxygen atoms in total. The van der Waals surface area contributed by atoms with Crippen molar-refractivity contribution < 1.29 is 9.59 Å². The largest absolute Gasteiger partial charge is 0.368 e. The average molecular weight is 226 g/mol. The number of hydrogen-bond donors (Lipinski definition) is 1. The lowest BCUT2D eigenvalue weighted by Gasteiger charge is -2.30. The Morgan fingerprint density at radius 2 is 2.25 bits per heavy atom. The molecule has 1 saturated heterocycles. The fraction of sp³-hybridized carbons (Fsp3) is 0.833. The standard InChI is InChI=1S/C12H22N2O2/c1-3-5-6-9-7-8-11(15)14(9)10(4-2)12(13)16/h9-10H,3-8H2,1-2H3,(H2,13,16). The van der Waals surface area contributed by atoms with Crippen LogP contribution in [0.15, 0.2) is 0 Å². The summed E-state index contributed by atoms with van der Waals surface area (Å²) in [6.07, 6.45) is 5.27. The highest BCUT2D eigenvalue weighted by Crippen LogP contribution is 2.26. The summed E-state index contributed by atoms with van der Waals surface area (Å²) in [5, 5.41) is 0. The topological polar surface area (TPSA) is 63.4 Å². The van der Waals surface area contributed by atoms with Crippen LogP contribution in [0.2, 0.25) is 0 Å². The highest BCUT2D eigenvalue weighted by Gasteiger charge is 2.37. The van der Waals surface area contributed by atoms with Gasteiger partial charge in [-0.2, -0.15) is 0 Å². The second-order valence-corrected chi connectivity index (χ2v) is 4.46. The van der Waals surface area contributed by atoms with E-state index in [2.05, 4.69) is 6.92 Å². The monoisotopic (exact) mass is 226 g/mol. The van der Waals surface area contributed by atoms with Crippen molar-refractivity contribution in [3.05, 3.63) is 0 Å². The Hall–Kier alpha value is -1.06. The third-order valence-corrected chi connectivity index (χ3v) is 3.31. The minimum atomic E-state index is -0.406. The number of hydrogen-bond acceptors (Lipinski definition) is 2. The van der Waals surface area contributed by atoms with Gasteiger partial charge in [-0.15, -0.1) is 0 Å². The van der Waals surface area contributed by atoms with Gasteiger partial charge in [0.1, 0.15) is 6.04 Å². The molecule has 2 amide bonds. The Kier molecular flexibility index (Phi) is 4.77. The highest BCUT2D eigenvalue weighted by molar-refractivity contribution is 5.87. The van der Waals surface area contributed by atoms with Crippen molar-refractivity contribution in [1.82, 2.24) is 4.90 Å². The summed E-state index contributed by atoms with van der Waals surface area (Å²) in [5.74, 6) is -0.286. The molecule has 1 rings (SSSR count). The van der Waals surface area contributed by atoms with E-state index in [0.29, 0.717) is 12.8 Å². The number of nitrogens with two attached hydrogens (primary N) is 1. The summed E-state index contributed by atoms with van der Waals surface area (Å²) in [7, 11) is 0. The van der Waals surface area contributed by atoms with E-state index in [1.165, 1.54) is 0 Å². The van der Waals surface area contributed by atoms with E-state index in [1.54, 1.807) is 4.90 Å². The zero-order valence-electron chi connectivity index (χ0n) is 10.2. The predicted octanol–water partition coefficient (Wildman–Crippen LogP) is 1.43. The van der Waals surface area contributed by atoms with Crippen LogP contribution in [0.4, 0.5) is 0 Å². The molecule has 0 spiro atoms. The van der Waals surface area contributed by atoms with Crippen molar-refractivity contribution in [2.24, 2.45) is 5.73 Å². The predicted molar refractivity (Wildman–Crippen MR) is 62.7 cm³/mol. The van der Waals surface area contributed by atoms with Gasteiger partial charge in [0.15, 0.2) is 0 Å². The molecule has 0 aromatic carbocycles. The molecule has 1 aliphatic rings. The molecule has 0 aliphatic carbocycles. The molecule has 2 atom stereocenters. The number of primary amides is 1. The highest BCUT2D eigenvalue weighted by atomic mass is 16.2. The van der Waals surface area contributed by atoms with Gasteiger partial charge in [0, 0.05) is 12.5 Å². The zero-order chi connectivity index (χ0) is 12.1. The lowest BCUT2D eigenvalue weighted by atomic mass is 10.1. The van der Waals surface area contributed by atoms with Crippen LogP contribution in [-0.2, 0) is 9.59 Å². The van der Waals surface area contributed by atoms with E-state index < -0.39 is 6.04 Å². The quantitative estimate of drug-likeness (QED) is 0.744. The fourth-order valence-electron chi connectivity index (χ4n) is 2.45. The number of carbonyl (C=O) groups excluding carboxylic acids is 2. The minimum Gasteiger partial charge on any atom is -0.368 e. The molecule has 0 aromatic heterocycles. The van der Waals surface area contributed by atoms with E-state index in [9.17, 15) is 9.59 Å². The number of unbranched alkanes of at least 4 members (excludes halogenated alkanes) is 1. The van der Waals surface area contributed by atoms with Gasteiger partial charge in [0.05, 0.1) is 0 Å². The maximum Gasteiger partial charge on any atom is 0.240 e. The van der Waals surface area contributed by atoms with Gasteiger partial charge in [0.2, 0.25) is 11.8 Å². The molecular formula is C12H22N2O2. The van der Waals surface area contributed by atoms with E-state index in [-0.39, 0.29) is 17.9 Å². The van der Waals surface area contributed by atoms with E-state index in [1.807, 2.05) is 6.92 Å². The first-order valence-electron chi connectivity index (χ1n) is 6.22. The first-order chi connectivity index (χ1) is 7.61. The minimum absolute atomic E-state index is 0.0896. The molecule has 1 heterocycles. The lowest BCUT2D eigenvalue weighted by molar-refractivity contribution is -0.138. The third-order valence-electron chi connectivity index (χ3n) is 3.31. The third kappa shape index (κ3) is 2.74. The molecule has 0 saturated carbocycles. The van der Waals surface area contributed by atoms with Gasteiger partial charge in [0.25, 0.3) is 0 Å². The summed E-state index contributed by atoms with van der Waals surface area (Å²) in [4.78, 5) is 24.8. The molecule has 0 aromatic rings. The summed E-state index contributed by atoms with van der Waals surface area (Å²) in [5.41, 5.74) is 5.35. The Bertz CT molecular complexity index is 266. The zero-order valence-corrected chi connectivity index (χ0v) is 10.2. The first-order valence-corrected chi connectivity index (χ1v) is 6.22. The van der Waals surface area contributed by atoms with Crippen molar-refractivity contribution in [2.45, 2.75) is 64.5 Å². The van der Waals surface area contributed by atoms with Crippen LogP contribution in [-0.4, -0.2) is 28.8 Å². The molecule has 0 radical (unpaired) electrons. The average Bonchev–Trinajstić information content (AvgIpc) is 2.59. The second kappa shape index (κ2) is 5.87. The van der Waals surface area contributed by atoms with Crippen LogP contribution >= 0.6 is 0 Å². The van der Waals surface area contributed by atoms with E-state index in [4.69, 9.17) is 5.73 Å². The van der Waals surface area contributed by atoms with Gasteiger partial charge in [-0.1, -0.05) is 26.7 Å². The molecule has 1 fully saturated rings. The SMILES string of the molecule is CCCCC1CCC(=O)N1C(CC)C(N)=O. The summed E-state index contributed by atoms with van der Waals surface area (Å²) < 4.78 is 0. The number of nitrogens with zero attached hydrogens (tertiary/aromatic N) is 1. The van der Waals surface area contributed by atoms with Crippen LogP contribution < -0.4 is 5.73 Å². The van der Waals surface area contributed by atoms with Gasteiger partial charge in [-0.3, -0.25) is 9.59 Å². The van der Waals surface area contributed by atoms with Crippen LogP contribution in [0, 0.1) is 0 Å². The molecule has 1 aliphatic heterocycles. The van der Waals surface area contributed by atoms with Gasteiger partial charge in [-0.25, -0.2) is 0 Å². The summed E-state index contributed by atoms with van der Waals surface area (Å²) in [6.45, 7) is 4.03. The smallest absolute Gasteiger partial charge is 0.240 e. The first kappa shape index (κ1) is 13.0.